The Hall–Kier alpha value is -1.24. The Kier molecular flexibility index (Phi) is 1.64. The zero-order chi connectivity index (χ0) is 7.52. The lowest BCUT2D eigenvalue weighted by Crippen LogP contribution is -1.84. The van der Waals surface area contributed by atoms with Crippen molar-refractivity contribution in [3.05, 3.63) is 42.4 Å². The molecule has 56 valence electrons. The molecule has 0 fully saturated rings. The van der Waals surface area contributed by atoms with Crippen LogP contribution < -0.4 is 0 Å². The summed E-state index contributed by atoms with van der Waals surface area (Å²) < 4.78 is 5.27. The van der Waals surface area contributed by atoms with E-state index in [1.54, 1.807) is 6.26 Å². The minimum Gasteiger partial charge on any atom is -0.465 e. The van der Waals surface area contributed by atoms with Crippen LogP contribution in [0.4, 0.5) is 0 Å². The van der Waals surface area contributed by atoms with E-state index in [1.165, 1.54) is 5.57 Å². The topological polar surface area (TPSA) is 13.1 Å². The molecule has 0 amide bonds. The first-order chi connectivity index (χ1) is 5.47. The summed E-state index contributed by atoms with van der Waals surface area (Å²) in [5.74, 6) is 1.01. The van der Waals surface area contributed by atoms with Gasteiger partial charge in [-0.05, 0) is 30.5 Å². The fourth-order valence-corrected chi connectivity index (χ4v) is 1.27. The molecule has 0 aromatic carbocycles. The zero-order valence-corrected chi connectivity index (χ0v) is 6.29. The number of hydrogen-bond donors (Lipinski definition) is 0. The van der Waals surface area contributed by atoms with Crippen molar-refractivity contribution in [1.29, 1.82) is 0 Å². The lowest BCUT2D eigenvalue weighted by molar-refractivity contribution is 0.550. The van der Waals surface area contributed by atoms with E-state index in [9.17, 15) is 0 Å². The largest absolute Gasteiger partial charge is 0.465 e. The molecule has 11 heavy (non-hydrogen) atoms. The third-order valence-corrected chi connectivity index (χ3v) is 1.85. The van der Waals surface area contributed by atoms with Gasteiger partial charge in [0.1, 0.15) is 5.76 Å². The van der Waals surface area contributed by atoms with Gasteiger partial charge in [0.05, 0.1) is 6.26 Å². The molecule has 0 saturated heterocycles. The molecule has 1 heterocycles. The molecule has 1 aromatic heterocycles. The summed E-state index contributed by atoms with van der Waals surface area (Å²) in [6.07, 6.45) is 10.3. The second-order valence-electron chi connectivity index (χ2n) is 2.64. The second-order valence-corrected chi connectivity index (χ2v) is 2.64. The molecule has 0 bridgehead atoms. The van der Waals surface area contributed by atoms with Crippen LogP contribution >= 0.6 is 0 Å². The average Bonchev–Trinajstić information content (AvgIpc) is 2.58. The van der Waals surface area contributed by atoms with E-state index in [0.717, 1.165) is 18.6 Å². The first kappa shape index (κ1) is 6.47. The van der Waals surface area contributed by atoms with E-state index in [2.05, 4.69) is 18.2 Å². The van der Waals surface area contributed by atoms with Gasteiger partial charge in [-0.1, -0.05) is 18.2 Å². The van der Waals surface area contributed by atoms with Crippen molar-refractivity contribution in [1.82, 2.24) is 0 Å². The number of rotatable bonds is 1. The molecule has 0 saturated carbocycles. The van der Waals surface area contributed by atoms with E-state index in [0.29, 0.717) is 0 Å². The Balaban J connectivity index is 2.29. The van der Waals surface area contributed by atoms with Crippen molar-refractivity contribution in [3.8, 4) is 0 Å². The molecule has 1 aliphatic carbocycles. The molecular weight excluding hydrogens is 136 g/mol. The summed E-state index contributed by atoms with van der Waals surface area (Å²) in [5, 5.41) is 0. The summed E-state index contributed by atoms with van der Waals surface area (Å²) in [6.45, 7) is 0. The third-order valence-electron chi connectivity index (χ3n) is 1.85. The molecule has 1 nitrogen and oxygen atoms in total. The molecule has 1 heteroatoms. The standard InChI is InChI=1S/C10H10O/c1-2-5-9(6-3-1)10-7-4-8-11-10/h1-2,4-5,7-8H,3,6H2. The molecule has 2 rings (SSSR count). The molecular formula is C10H10O. The van der Waals surface area contributed by atoms with Crippen molar-refractivity contribution in [3.63, 3.8) is 0 Å². The predicted molar refractivity (Wildman–Crippen MR) is 45.1 cm³/mol. The van der Waals surface area contributed by atoms with Gasteiger partial charge in [-0.2, -0.15) is 0 Å². The Bertz CT molecular complexity index is 278. The smallest absolute Gasteiger partial charge is 0.129 e. The first-order valence-corrected chi connectivity index (χ1v) is 3.86. The Labute approximate surface area is 66.0 Å². The van der Waals surface area contributed by atoms with E-state index >= 15 is 0 Å². The van der Waals surface area contributed by atoms with E-state index < -0.39 is 0 Å². The molecule has 0 aliphatic heterocycles. The van der Waals surface area contributed by atoms with E-state index in [-0.39, 0.29) is 0 Å². The molecule has 0 N–H and O–H groups in total. The van der Waals surface area contributed by atoms with Crippen molar-refractivity contribution in [2.24, 2.45) is 0 Å². The molecule has 0 unspecified atom stereocenters. The highest BCUT2D eigenvalue weighted by Crippen LogP contribution is 2.23. The summed E-state index contributed by atoms with van der Waals surface area (Å²) >= 11 is 0. The van der Waals surface area contributed by atoms with E-state index in [4.69, 9.17) is 4.42 Å². The highest BCUT2D eigenvalue weighted by Gasteiger charge is 2.04. The number of hydrogen-bond acceptors (Lipinski definition) is 1. The van der Waals surface area contributed by atoms with Crippen LogP contribution in [0.1, 0.15) is 18.6 Å². The molecule has 1 aromatic rings. The SMILES string of the molecule is C1=CCCC(c2ccco2)=C1. The lowest BCUT2D eigenvalue weighted by Gasteiger charge is -2.04. The summed E-state index contributed by atoms with van der Waals surface area (Å²) in [7, 11) is 0. The minimum atomic E-state index is 1.01. The van der Waals surface area contributed by atoms with Gasteiger partial charge in [0.25, 0.3) is 0 Å². The fourth-order valence-electron chi connectivity index (χ4n) is 1.27. The number of allylic oxidation sites excluding steroid dienone is 4. The van der Waals surface area contributed by atoms with Gasteiger partial charge in [-0.15, -0.1) is 0 Å². The van der Waals surface area contributed by atoms with Gasteiger partial charge in [-0.3, -0.25) is 0 Å². The molecule has 0 atom stereocenters. The van der Waals surface area contributed by atoms with Crippen molar-refractivity contribution < 1.29 is 4.42 Å². The normalized spacial score (nSPS) is 16.5. The first-order valence-electron chi connectivity index (χ1n) is 3.86. The number of furan rings is 1. The summed E-state index contributed by atoms with van der Waals surface area (Å²) in [6, 6.07) is 3.93. The van der Waals surface area contributed by atoms with Gasteiger partial charge < -0.3 is 4.42 Å². The van der Waals surface area contributed by atoms with Crippen LogP contribution in [0, 0.1) is 0 Å². The van der Waals surface area contributed by atoms with Gasteiger partial charge in [0.15, 0.2) is 0 Å². The van der Waals surface area contributed by atoms with Crippen LogP contribution in [0.25, 0.3) is 5.57 Å². The Morgan fingerprint density at radius 2 is 2.36 bits per heavy atom. The Morgan fingerprint density at radius 3 is 3.00 bits per heavy atom. The van der Waals surface area contributed by atoms with Crippen molar-refractivity contribution in [2.75, 3.05) is 0 Å². The maximum Gasteiger partial charge on any atom is 0.129 e. The van der Waals surface area contributed by atoms with Crippen molar-refractivity contribution >= 4 is 5.57 Å². The maximum atomic E-state index is 5.27. The van der Waals surface area contributed by atoms with Crippen LogP contribution in [-0.4, -0.2) is 0 Å². The predicted octanol–water partition coefficient (Wildman–Crippen LogP) is 3.01. The lowest BCUT2D eigenvalue weighted by atomic mass is 10.0. The zero-order valence-electron chi connectivity index (χ0n) is 6.29. The monoisotopic (exact) mass is 146 g/mol. The van der Waals surface area contributed by atoms with Gasteiger partial charge >= 0.3 is 0 Å². The van der Waals surface area contributed by atoms with Gasteiger partial charge in [0.2, 0.25) is 0 Å². The molecule has 1 aliphatic rings. The summed E-state index contributed by atoms with van der Waals surface area (Å²) in [4.78, 5) is 0. The van der Waals surface area contributed by atoms with E-state index in [1.807, 2.05) is 12.1 Å². The quantitative estimate of drug-likeness (QED) is 0.593. The average molecular weight is 146 g/mol. The minimum absolute atomic E-state index is 1.01. The highest BCUT2D eigenvalue weighted by molar-refractivity contribution is 5.64. The van der Waals surface area contributed by atoms with Crippen LogP contribution in [0.3, 0.4) is 0 Å². The van der Waals surface area contributed by atoms with Crippen molar-refractivity contribution in [2.45, 2.75) is 12.8 Å². The van der Waals surface area contributed by atoms with Crippen LogP contribution in [-0.2, 0) is 0 Å². The summed E-state index contributed by atoms with van der Waals surface area (Å²) in [5.41, 5.74) is 1.30. The molecule has 0 radical (unpaired) electrons. The third kappa shape index (κ3) is 1.27. The Morgan fingerprint density at radius 1 is 1.36 bits per heavy atom. The second kappa shape index (κ2) is 2.79. The maximum absolute atomic E-state index is 5.27. The van der Waals surface area contributed by atoms with Crippen LogP contribution in [0.15, 0.2) is 41.0 Å². The highest BCUT2D eigenvalue weighted by atomic mass is 16.3. The van der Waals surface area contributed by atoms with Gasteiger partial charge in [0, 0.05) is 0 Å². The van der Waals surface area contributed by atoms with Crippen LogP contribution in [0.2, 0.25) is 0 Å². The fraction of sp³-hybridized carbons (Fsp3) is 0.200. The van der Waals surface area contributed by atoms with Gasteiger partial charge in [-0.25, -0.2) is 0 Å². The van der Waals surface area contributed by atoms with Crippen LogP contribution in [0.5, 0.6) is 0 Å². The molecule has 0 spiro atoms.